The summed E-state index contributed by atoms with van der Waals surface area (Å²) in [5, 5.41) is 7.24. The Morgan fingerprint density at radius 3 is 2.47 bits per heavy atom. The first kappa shape index (κ1) is 26.8. The van der Waals surface area contributed by atoms with E-state index < -0.39 is 0 Å². The molecule has 1 aromatic carbocycles. The number of hydrogen-bond acceptors (Lipinski definition) is 4. The van der Waals surface area contributed by atoms with Gasteiger partial charge in [-0.1, -0.05) is 41.9 Å². The summed E-state index contributed by atoms with van der Waals surface area (Å²) in [5.74, 6) is 0.835. The first-order valence-corrected chi connectivity index (χ1v) is 11.6. The van der Waals surface area contributed by atoms with Gasteiger partial charge in [0.05, 0.1) is 6.54 Å². The van der Waals surface area contributed by atoms with Crippen LogP contribution in [0.3, 0.4) is 0 Å². The Morgan fingerprint density at radius 1 is 1.00 bits per heavy atom. The van der Waals surface area contributed by atoms with Gasteiger partial charge in [0, 0.05) is 38.9 Å². The van der Waals surface area contributed by atoms with E-state index in [1.54, 1.807) is 0 Å². The number of pyridine rings is 1. The van der Waals surface area contributed by atoms with Gasteiger partial charge in [0.2, 0.25) is 0 Å². The maximum absolute atomic E-state index is 5.85. The molecular weight excluding hydrogens is 535 g/mol. The quantitative estimate of drug-likeness (QED) is 0.219. The van der Waals surface area contributed by atoms with E-state index in [1.807, 2.05) is 18.3 Å². The van der Waals surface area contributed by atoms with Gasteiger partial charge in [-0.2, -0.15) is 0 Å². The van der Waals surface area contributed by atoms with Gasteiger partial charge in [-0.15, -0.1) is 24.0 Å². The maximum atomic E-state index is 5.85. The van der Waals surface area contributed by atoms with Crippen LogP contribution in [-0.2, 0) is 19.5 Å². The summed E-state index contributed by atoms with van der Waals surface area (Å²) in [6, 6.07) is 12.7. The monoisotopic (exact) mass is 570 g/mol. The second-order valence-electron chi connectivity index (χ2n) is 8.11. The molecule has 0 radical (unpaired) electrons. The zero-order valence-corrected chi connectivity index (χ0v) is 22.3. The molecular formula is C24H36ClIN6. The van der Waals surface area contributed by atoms with Crippen molar-refractivity contribution in [1.29, 1.82) is 0 Å². The molecule has 2 aromatic rings. The second-order valence-corrected chi connectivity index (χ2v) is 8.50. The lowest BCUT2D eigenvalue weighted by Gasteiger charge is -2.20. The molecule has 0 spiro atoms. The van der Waals surface area contributed by atoms with E-state index in [0.29, 0.717) is 11.7 Å². The van der Waals surface area contributed by atoms with Crippen molar-refractivity contribution in [3.05, 3.63) is 64.4 Å². The number of guanidine groups is 1. The molecule has 32 heavy (non-hydrogen) atoms. The van der Waals surface area contributed by atoms with Crippen molar-refractivity contribution in [1.82, 2.24) is 25.4 Å². The molecule has 0 atom stereocenters. The van der Waals surface area contributed by atoms with Gasteiger partial charge < -0.3 is 15.5 Å². The average molecular weight is 571 g/mol. The van der Waals surface area contributed by atoms with E-state index in [-0.39, 0.29) is 24.0 Å². The summed E-state index contributed by atoms with van der Waals surface area (Å²) in [7, 11) is 2.21. The van der Waals surface area contributed by atoms with Crippen molar-refractivity contribution in [3.8, 4) is 0 Å². The smallest absolute Gasteiger partial charge is 0.191 e. The second kappa shape index (κ2) is 14.7. The fourth-order valence-corrected chi connectivity index (χ4v) is 3.77. The predicted octanol–water partition coefficient (Wildman–Crippen LogP) is 3.79. The third-order valence-corrected chi connectivity index (χ3v) is 5.72. The van der Waals surface area contributed by atoms with Crippen LogP contribution in [0.25, 0.3) is 0 Å². The number of aromatic nitrogens is 1. The number of likely N-dealkylation sites (N-methyl/N-ethyl adjacent to an activating group) is 1. The van der Waals surface area contributed by atoms with Crippen LogP contribution in [0.4, 0.5) is 0 Å². The standard InChI is InChI=1S/C24H35ClN6.HI/c1-3-26-24(27-12-11-21-9-10-23(25)28-17-21)29-18-20-5-7-22(8-6-20)19-31-14-4-13-30(2)15-16-31;/h5-10,17H,3-4,11-16,18-19H2,1-2H3,(H2,26,27,29);1H. The number of nitrogens with one attached hydrogen (secondary N) is 2. The van der Waals surface area contributed by atoms with Gasteiger partial charge in [0.1, 0.15) is 5.15 Å². The van der Waals surface area contributed by atoms with Gasteiger partial charge >= 0.3 is 0 Å². The topological polar surface area (TPSA) is 55.8 Å². The van der Waals surface area contributed by atoms with Crippen LogP contribution in [0.2, 0.25) is 5.15 Å². The van der Waals surface area contributed by atoms with Gasteiger partial charge in [0.15, 0.2) is 5.96 Å². The number of aliphatic imine (C=N–C) groups is 1. The highest BCUT2D eigenvalue weighted by atomic mass is 127. The van der Waals surface area contributed by atoms with Gasteiger partial charge in [-0.05, 0) is 62.7 Å². The van der Waals surface area contributed by atoms with E-state index in [2.05, 4.69) is 63.7 Å². The molecule has 0 saturated carbocycles. The molecule has 1 fully saturated rings. The van der Waals surface area contributed by atoms with Crippen LogP contribution >= 0.6 is 35.6 Å². The molecule has 6 nitrogen and oxygen atoms in total. The van der Waals surface area contributed by atoms with Gasteiger partial charge in [-0.3, -0.25) is 4.90 Å². The van der Waals surface area contributed by atoms with Crippen molar-refractivity contribution in [2.45, 2.75) is 32.9 Å². The molecule has 0 amide bonds. The van der Waals surface area contributed by atoms with E-state index >= 15 is 0 Å². The number of halogens is 2. The summed E-state index contributed by atoms with van der Waals surface area (Å²) < 4.78 is 0. The maximum Gasteiger partial charge on any atom is 0.191 e. The van der Waals surface area contributed by atoms with Crippen molar-refractivity contribution in [2.24, 2.45) is 4.99 Å². The van der Waals surface area contributed by atoms with Crippen LogP contribution in [0.5, 0.6) is 0 Å². The normalized spacial score (nSPS) is 15.7. The number of rotatable bonds is 8. The summed E-state index contributed by atoms with van der Waals surface area (Å²) >= 11 is 5.85. The average Bonchev–Trinajstić information content (AvgIpc) is 2.98. The molecule has 0 bridgehead atoms. The molecule has 2 heterocycles. The predicted molar refractivity (Wildman–Crippen MR) is 145 cm³/mol. The van der Waals surface area contributed by atoms with Crippen molar-refractivity contribution < 1.29 is 0 Å². The molecule has 1 aliphatic heterocycles. The Hall–Kier alpha value is -1.42. The van der Waals surface area contributed by atoms with Gasteiger partial charge in [0.25, 0.3) is 0 Å². The third-order valence-electron chi connectivity index (χ3n) is 5.50. The van der Waals surface area contributed by atoms with Crippen molar-refractivity contribution in [2.75, 3.05) is 46.3 Å². The Kier molecular flexibility index (Phi) is 12.3. The van der Waals surface area contributed by atoms with Crippen molar-refractivity contribution >= 4 is 41.5 Å². The summed E-state index contributed by atoms with van der Waals surface area (Å²) in [4.78, 5) is 13.8. The van der Waals surface area contributed by atoms with E-state index in [9.17, 15) is 0 Å². The van der Waals surface area contributed by atoms with E-state index in [4.69, 9.17) is 16.6 Å². The Labute approximate surface area is 214 Å². The molecule has 0 unspecified atom stereocenters. The van der Waals surface area contributed by atoms with Crippen LogP contribution in [0, 0.1) is 0 Å². The highest BCUT2D eigenvalue weighted by Gasteiger charge is 2.12. The minimum Gasteiger partial charge on any atom is -0.357 e. The molecule has 1 aliphatic rings. The summed E-state index contributed by atoms with van der Waals surface area (Å²) in [6.07, 6.45) is 3.94. The Morgan fingerprint density at radius 2 is 1.75 bits per heavy atom. The summed E-state index contributed by atoms with van der Waals surface area (Å²) in [6.45, 7) is 10.1. The molecule has 176 valence electrons. The molecule has 8 heteroatoms. The van der Waals surface area contributed by atoms with Crippen molar-refractivity contribution in [3.63, 3.8) is 0 Å². The van der Waals surface area contributed by atoms with Crippen LogP contribution < -0.4 is 10.6 Å². The molecule has 2 N–H and O–H groups in total. The lowest BCUT2D eigenvalue weighted by molar-refractivity contribution is 0.269. The van der Waals surface area contributed by atoms with Crippen LogP contribution in [0.15, 0.2) is 47.6 Å². The van der Waals surface area contributed by atoms with Crippen LogP contribution in [-0.4, -0.2) is 67.1 Å². The Bertz CT molecular complexity index is 812. The lowest BCUT2D eigenvalue weighted by Crippen LogP contribution is -2.38. The van der Waals surface area contributed by atoms with Crippen LogP contribution in [0.1, 0.15) is 30.0 Å². The fourth-order valence-electron chi connectivity index (χ4n) is 3.66. The highest BCUT2D eigenvalue weighted by molar-refractivity contribution is 14.0. The van der Waals surface area contributed by atoms with Gasteiger partial charge in [-0.25, -0.2) is 9.98 Å². The lowest BCUT2D eigenvalue weighted by atomic mass is 10.1. The fraction of sp³-hybridized carbons (Fsp3) is 0.500. The largest absolute Gasteiger partial charge is 0.357 e. The van der Waals surface area contributed by atoms with E-state index in [1.165, 1.54) is 30.6 Å². The third kappa shape index (κ3) is 9.60. The number of benzene rings is 1. The number of nitrogens with zero attached hydrogens (tertiary/aromatic N) is 4. The molecule has 1 aromatic heterocycles. The first-order valence-electron chi connectivity index (χ1n) is 11.2. The molecule has 1 saturated heterocycles. The minimum absolute atomic E-state index is 0. The zero-order valence-electron chi connectivity index (χ0n) is 19.2. The summed E-state index contributed by atoms with van der Waals surface area (Å²) in [5.41, 5.74) is 3.75. The minimum atomic E-state index is 0. The molecule has 0 aliphatic carbocycles. The number of hydrogen-bond donors (Lipinski definition) is 2. The Balaban J connectivity index is 0.00000363. The zero-order chi connectivity index (χ0) is 21.9. The van der Waals surface area contributed by atoms with E-state index in [0.717, 1.165) is 50.7 Å². The first-order chi connectivity index (χ1) is 15.1. The molecule has 3 rings (SSSR count). The SMILES string of the molecule is CCNC(=NCc1ccc(CN2CCCN(C)CC2)cc1)NCCc1ccc(Cl)nc1.I. The highest BCUT2D eigenvalue weighted by Crippen LogP contribution is 2.11.